The van der Waals surface area contributed by atoms with E-state index in [1.807, 2.05) is 45.0 Å². The van der Waals surface area contributed by atoms with E-state index in [4.69, 9.17) is 9.26 Å². The lowest BCUT2D eigenvalue weighted by molar-refractivity contribution is -0.0149. The first kappa shape index (κ1) is 17.0. The maximum atomic E-state index is 11.8. The standard InChI is InChI=1S/C17H23N3O3/c1-12-8-15(20-23-12)19-16(21)18-10-13-6-5-7-14(9-13)11-22-17(2,3)4/h5-9H,10-11H2,1-4H3,(H2,18,19,20,21). The minimum atomic E-state index is -0.324. The highest BCUT2D eigenvalue weighted by Gasteiger charge is 2.10. The fraction of sp³-hybridized carbons (Fsp3) is 0.412. The van der Waals surface area contributed by atoms with Crippen LogP contribution in [0, 0.1) is 6.92 Å². The number of nitrogens with one attached hydrogen (secondary N) is 2. The number of hydrogen-bond donors (Lipinski definition) is 2. The Morgan fingerprint density at radius 2 is 2.00 bits per heavy atom. The topological polar surface area (TPSA) is 76.4 Å². The predicted molar refractivity (Wildman–Crippen MR) is 88.1 cm³/mol. The molecule has 0 saturated carbocycles. The van der Waals surface area contributed by atoms with Gasteiger partial charge in [-0.2, -0.15) is 0 Å². The molecule has 23 heavy (non-hydrogen) atoms. The van der Waals surface area contributed by atoms with Crippen molar-refractivity contribution < 1.29 is 14.1 Å². The van der Waals surface area contributed by atoms with Gasteiger partial charge in [0.15, 0.2) is 5.82 Å². The molecule has 1 aromatic heterocycles. The van der Waals surface area contributed by atoms with Crippen molar-refractivity contribution >= 4 is 11.8 Å². The van der Waals surface area contributed by atoms with E-state index in [0.29, 0.717) is 24.7 Å². The monoisotopic (exact) mass is 317 g/mol. The first-order valence-electron chi connectivity index (χ1n) is 7.52. The average Bonchev–Trinajstić information content (AvgIpc) is 2.88. The van der Waals surface area contributed by atoms with Crippen molar-refractivity contribution in [1.82, 2.24) is 10.5 Å². The molecule has 6 heteroatoms. The van der Waals surface area contributed by atoms with Crippen LogP contribution in [0.25, 0.3) is 0 Å². The maximum Gasteiger partial charge on any atom is 0.320 e. The molecule has 0 unspecified atom stereocenters. The lowest BCUT2D eigenvalue weighted by Crippen LogP contribution is -2.28. The SMILES string of the molecule is Cc1cc(NC(=O)NCc2cccc(COC(C)(C)C)c2)no1. The van der Waals surface area contributed by atoms with Crippen molar-refractivity contribution in [1.29, 1.82) is 0 Å². The molecule has 0 fully saturated rings. The molecule has 1 aromatic carbocycles. The van der Waals surface area contributed by atoms with Gasteiger partial charge in [-0.25, -0.2) is 4.79 Å². The Morgan fingerprint density at radius 1 is 1.26 bits per heavy atom. The molecule has 0 saturated heterocycles. The summed E-state index contributed by atoms with van der Waals surface area (Å²) in [5.41, 5.74) is 1.90. The Bertz CT molecular complexity index is 659. The molecule has 2 N–H and O–H groups in total. The minimum absolute atomic E-state index is 0.177. The fourth-order valence-electron chi connectivity index (χ4n) is 1.90. The Labute approximate surface area is 136 Å². The molecule has 124 valence electrons. The highest BCUT2D eigenvalue weighted by molar-refractivity contribution is 5.88. The summed E-state index contributed by atoms with van der Waals surface area (Å²) >= 11 is 0. The average molecular weight is 317 g/mol. The van der Waals surface area contributed by atoms with Gasteiger partial charge in [0.05, 0.1) is 12.2 Å². The summed E-state index contributed by atoms with van der Waals surface area (Å²) in [6, 6.07) is 9.27. The maximum absolute atomic E-state index is 11.8. The van der Waals surface area contributed by atoms with E-state index in [-0.39, 0.29) is 11.6 Å². The smallest absolute Gasteiger partial charge is 0.320 e. The Balaban J connectivity index is 1.84. The molecule has 0 atom stereocenters. The van der Waals surface area contributed by atoms with E-state index >= 15 is 0 Å². The van der Waals surface area contributed by atoms with Gasteiger partial charge >= 0.3 is 6.03 Å². The van der Waals surface area contributed by atoms with Gasteiger partial charge in [-0.1, -0.05) is 29.4 Å². The van der Waals surface area contributed by atoms with E-state index in [0.717, 1.165) is 11.1 Å². The quantitative estimate of drug-likeness (QED) is 0.883. The molecule has 2 aromatic rings. The summed E-state index contributed by atoms with van der Waals surface area (Å²) in [7, 11) is 0. The van der Waals surface area contributed by atoms with Crippen molar-refractivity contribution in [3.63, 3.8) is 0 Å². The number of carbonyl (C=O) groups is 1. The molecular weight excluding hydrogens is 294 g/mol. The van der Waals surface area contributed by atoms with Gasteiger partial charge in [-0.05, 0) is 38.8 Å². The Kier molecular flexibility index (Phi) is 5.39. The van der Waals surface area contributed by atoms with Crippen LogP contribution in [-0.2, 0) is 17.9 Å². The van der Waals surface area contributed by atoms with Crippen LogP contribution < -0.4 is 10.6 Å². The van der Waals surface area contributed by atoms with Crippen LogP contribution in [0.1, 0.15) is 37.7 Å². The highest BCUT2D eigenvalue weighted by atomic mass is 16.5. The number of ether oxygens (including phenoxy) is 1. The highest BCUT2D eigenvalue weighted by Crippen LogP contribution is 2.13. The second-order valence-electron chi connectivity index (χ2n) is 6.35. The second-order valence-corrected chi connectivity index (χ2v) is 6.35. The molecule has 0 radical (unpaired) electrons. The third kappa shape index (κ3) is 6.12. The molecular formula is C17H23N3O3. The molecule has 2 amide bonds. The van der Waals surface area contributed by atoms with Gasteiger partial charge in [0, 0.05) is 12.6 Å². The van der Waals surface area contributed by atoms with Gasteiger partial charge in [0.25, 0.3) is 0 Å². The van der Waals surface area contributed by atoms with Crippen molar-refractivity contribution in [3.8, 4) is 0 Å². The number of anilines is 1. The molecule has 0 aliphatic heterocycles. The van der Waals surface area contributed by atoms with Crippen molar-refractivity contribution in [2.75, 3.05) is 5.32 Å². The minimum Gasteiger partial charge on any atom is -0.371 e. The van der Waals surface area contributed by atoms with Gasteiger partial charge in [-0.15, -0.1) is 0 Å². The summed E-state index contributed by atoms with van der Waals surface area (Å²) in [4.78, 5) is 11.8. The van der Waals surface area contributed by atoms with Crippen molar-refractivity contribution in [2.45, 2.75) is 46.4 Å². The zero-order chi connectivity index (χ0) is 16.9. The summed E-state index contributed by atoms with van der Waals surface area (Å²) in [5.74, 6) is 1.04. The van der Waals surface area contributed by atoms with Crippen LogP contribution in [0.4, 0.5) is 10.6 Å². The van der Waals surface area contributed by atoms with Crippen LogP contribution in [0.5, 0.6) is 0 Å². The van der Waals surface area contributed by atoms with E-state index in [9.17, 15) is 4.79 Å². The summed E-state index contributed by atoms with van der Waals surface area (Å²) in [6.07, 6.45) is 0. The first-order chi connectivity index (χ1) is 10.8. The summed E-state index contributed by atoms with van der Waals surface area (Å²) < 4.78 is 10.7. The lowest BCUT2D eigenvalue weighted by Gasteiger charge is -2.19. The molecule has 0 aliphatic carbocycles. The molecule has 2 rings (SSSR count). The number of carbonyl (C=O) groups excluding carboxylic acids is 1. The number of rotatable bonds is 5. The van der Waals surface area contributed by atoms with Crippen molar-refractivity contribution in [3.05, 3.63) is 47.2 Å². The van der Waals surface area contributed by atoms with Crippen LogP contribution in [0.3, 0.4) is 0 Å². The van der Waals surface area contributed by atoms with Gasteiger partial charge in [-0.3, -0.25) is 5.32 Å². The summed E-state index contributed by atoms with van der Waals surface area (Å²) in [5, 5.41) is 9.11. The predicted octanol–water partition coefficient (Wildman–Crippen LogP) is 3.62. The number of aromatic nitrogens is 1. The molecule has 0 aliphatic rings. The number of urea groups is 1. The zero-order valence-corrected chi connectivity index (χ0v) is 14.0. The third-order valence-electron chi connectivity index (χ3n) is 2.99. The van der Waals surface area contributed by atoms with Gasteiger partial charge in [0.2, 0.25) is 0 Å². The fourth-order valence-corrected chi connectivity index (χ4v) is 1.90. The molecule has 0 bridgehead atoms. The van der Waals surface area contributed by atoms with E-state index in [1.54, 1.807) is 13.0 Å². The largest absolute Gasteiger partial charge is 0.371 e. The molecule has 6 nitrogen and oxygen atoms in total. The first-order valence-corrected chi connectivity index (χ1v) is 7.52. The van der Waals surface area contributed by atoms with E-state index < -0.39 is 0 Å². The van der Waals surface area contributed by atoms with Crippen LogP contribution in [0.15, 0.2) is 34.9 Å². The van der Waals surface area contributed by atoms with E-state index in [1.165, 1.54) is 0 Å². The van der Waals surface area contributed by atoms with Gasteiger partial charge in [0.1, 0.15) is 5.76 Å². The van der Waals surface area contributed by atoms with Crippen LogP contribution >= 0.6 is 0 Å². The third-order valence-corrected chi connectivity index (χ3v) is 2.99. The Morgan fingerprint density at radius 3 is 2.65 bits per heavy atom. The summed E-state index contributed by atoms with van der Waals surface area (Å²) in [6.45, 7) is 8.80. The zero-order valence-electron chi connectivity index (χ0n) is 14.0. The Hall–Kier alpha value is -2.34. The molecule has 0 spiro atoms. The van der Waals surface area contributed by atoms with Crippen molar-refractivity contribution in [2.24, 2.45) is 0 Å². The van der Waals surface area contributed by atoms with Gasteiger partial charge < -0.3 is 14.6 Å². The molecule has 1 heterocycles. The number of hydrogen-bond acceptors (Lipinski definition) is 4. The number of benzene rings is 1. The normalized spacial score (nSPS) is 11.3. The second kappa shape index (κ2) is 7.28. The lowest BCUT2D eigenvalue weighted by atomic mass is 10.1. The number of nitrogens with zero attached hydrogens (tertiary/aromatic N) is 1. The van der Waals surface area contributed by atoms with E-state index in [2.05, 4.69) is 15.8 Å². The van der Waals surface area contributed by atoms with Crippen LogP contribution in [0.2, 0.25) is 0 Å². The number of amides is 2. The number of aryl methyl sites for hydroxylation is 1. The van der Waals surface area contributed by atoms with Crippen LogP contribution in [-0.4, -0.2) is 16.8 Å².